The van der Waals surface area contributed by atoms with Crippen LogP contribution >= 0.6 is 0 Å². The topological polar surface area (TPSA) is 84.6 Å². The number of ether oxygens (including phenoxy) is 1. The molecule has 4 heterocycles. The number of carbonyl (C=O) groups excluding carboxylic acids is 1. The van der Waals surface area contributed by atoms with Crippen molar-refractivity contribution in [3.63, 3.8) is 0 Å². The molecule has 166 valence electrons. The number of methoxy groups -OCH3 is 1. The van der Waals surface area contributed by atoms with Crippen molar-refractivity contribution in [1.82, 2.24) is 14.9 Å². The maximum atomic E-state index is 13.2. The molecule has 3 aliphatic heterocycles. The molecule has 3 fully saturated rings. The van der Waals surface area contributed by atoms with Gasteiger partial charge in [0.2, 0.25) is 11.9 Å². The summed E-state index contributed by atoms with van der Waals surface area (Å²) in [5.74, 6) is 1.24. The van der Waals surface area contributed by atoms with E-state index in [1.54, 1.807) is 7.11 Å². The minimum absolute atomic E-state index is 0.0976. The molecule has 0 radical (unpaired) electrons. The Hall–Kier alpha value is -1.80. The Bertz CT molecular complexity index is 732. The highest BCUT2D eigenvalue weighted by atomic mass is 19.1. The summed E-state index contributed by atoms with van der Waals surface area (Å²) < 4.78 is 19.1. The molecule has 0 unspecified atom stereocenters. The van der Waals surface area contributed by atoms with Gasteiger partial charge in [0.25, 0.3) is 0 Å². The van der Waals surface area contributed by atoms with E-state index in [-0.39, 0.29) is 24.0 Å². The molecular weight excluding hydrogens is 385 g/mol. The lowest BCUT2D eigenvalue weighted by Crippen LogP contribution is -2.57. The van der Waals surface area contributed by atoms with Crippen molar-refractivity contribution < 1.29 is 13.9 Å². The van der Waals surface area contributed by atoms with E-state index in [2.05, 4.69) is 33.6 Å². The largest absolute Gasteiger partial charge is 0.379 e. The average molecular weight is 420 g/mol. The van der Waals surface area contributed by atoms with Gasteiger partial charge in [-0.25, -0.2) is 14.4 Å². The first-order chi connectivity index (χ1) is 14.4. The molecule has 5 atom stereocenters. The Balaban J connectivity index is 1.44. The van der Waals surface area contributed by atoms with E-state index >= 15 is 0 Å². The first-order valence-electron chi connectivity index (χ1n) is 11.2. The normalized spacial score (nSPS) is 33.1. The van der Waals surface area contributed by atoms with Gasteiger partial charge < -0.3 is 15.4 Å². The molecule has 1 amide bonds. The van der Waals surface area contributed by atoms with Crippen molar-refractivity contribution in [2.24, 2.45) is 23.5 Å². The zero-order chi connectivity index (χ0) is 21.4. The first-order valence-corrected chi connectivity index (χ1v) is 11.2. The summed E-state index contributed by atoms with van der Waals surface area (Å²) in [7, 11) is 1.78. The number of amides is 1. The Morgan fingerprint density at radius 1 is 1.20 bits per heavy atom. The third kappa shape index (κ3) is 4.04. The van der Waals surface area contributed by atoms with Gasteiger partial charge in [-0.05, 0) is 49.9 Å². The molecule has 0 spiro atoms. The van der Waals surface area contributed by atoms with E-state index < -0.39 is 5.82 Å². The zero-order valence-corrected chi connectivity index (χ0v) is 18.2. The van der Waals surface area contributed by atoms with Crippen LogP contribution < -0.4 is 10.6 Å². The fourth-order valence-corrected chi connectivity index (χ4v) is 6.25. The summed E-state index contributed by atoms with van der Waals surface area (Å²) in [5.41, 5.74) is 5.78. The van der Waals surface area contributed by atoms with E-state index in [9.17, 15) is 9.18 Å². The van der Waals surface area contributed by atoms with E-state index in [0.717, 1.165) is 45.2 Å². The maximum Gasteiger partial charge on any atom is 0.235 e. The zero-order valence-electron chi connectivity index (χ0n) is 18.2. The number of nitrogens with zero attached hydrogens (tertiary/aromatic N) is 4. The molecule has 3 saturated heterocycles. The van der Waals surface area contributed by atoms with Crippen molar-refractivity contribution in [2.75, 3.05) is 25.1 Å². The summed E-state index contributed by atoms with van der Waals surface area (Å²) in [6.07, 6.45) is 8.04. The molecule has 1 aromatic rings. The van der Waals surface area contributed by atoms with Gasteiger partial charge in [0, 0.05) is 32.3 Å². The molecule has 3 aliphatic rings. The number of hydrogen-bond donors (Lipinski definition) is 1. The third-order valence-electron chi connectivity index (χ3n) is 7.48. The smallest absolute Gasteiger partial charge is 0.235 e. The standard InChI is InChI=1S/C22H34FN5O2/c1-13(2)20(21(24)29)28-16-4-5-17(28)9-14(8-16)18-6-7-27(12-19(18)30-3)22-25-10-15(23)11-26-22/h10-11,13-14,16-20H,4-9,12H2,1-3H3,(H2,24,29)/t16-,17-,18-,19-,20-/m1/s1. The van der Waals surface area contributed by atoms with Gasteiger partial charge in [0.15, 0.2) is 5.82 Å². The van der Waals surface area contributed by atoms with Crippen molar-refractivity contribution in [2.45, 2.75) is 70.2 Å². The van der Waals surface area contributed by atoms with E-state index in [4.69, 9.17) is 10.5 Å². The summed E-state index contributed by atoms with van der Waals surface area (Å²) in [6, 6.07) is 0.702. The number of anilines is 1. The number of nitrogens with two attached hydrogens (primary N) is 1. The summed E-state index contributed by atoms with van der Waals surface area (Å²) >= 11 is 0. The van der Waals surface area contributed by atoms with Gasteiger partial charge in [-0.15, -0.1) is 0 Å². The molecule has 7 nitrogen and oxygen atoms in total. The molecule has 0 aromatic carbocycles. The van der Waals surface area contributed by atoms with Crippen LogP contribution in [0.5, 0.6) is 0 Å². The van der Waals surface area contributed by atoms with Crippen molar-refractivity contribution >= 4 is 11.9 Å². The molecule has 8 heteroatoms. The Kier molecular flexibility index (Phi) is 6.25. The monoisotopic (exact) mass is 419 g/mol. The number of rotatable bonds is 6. The lowest BCUT2D eigenvalue weighted by Gasteiger charge is -2.48. The number of primary amides is 1. The highest BCUT2D eigenvalue weighted by molar-refractivity contribution is 5.80. The fraction of sp³-hybridized carbons (Fsp3) is 0.773. The lowest BCUT2D eigenvalue weighted by atomic mass is 9.74. The van der Waals surface area contributed by atoms with Crippen LogP contribution in [0.25, 0.3) is 0 Å². The quantitative estimate of drug-likeness (QED) is 0.761. The number of hydrogen-bond acceptors (Lipinski definition) is 6. The predicted octanol–water partition coefficient (Wildman–Crippen LogP) is 2.21. The highest BCUT2D eigenvalue weighted by Gasteiger charge is 2.49. The number of carbonyl (C=O) groups is 1. The fourth-order valence-electron chi connectivity index (χ4n) is 6.25. The van der Waals surface area contributed by atoms with Crippen molar-refractivity contribution in [3.05, 3.63) is 18.2 Å². The SMILES string of the molecule is CO[C@@H]1CN(c2ncc(F)cn2)CC[C@@H]1C1C[C@H]2CC[C@H](C1)N2[C@@H](C(N)=O)C(C)C. The average Bonchev–Trinajstić information content (AvgIpc) is 2.96. The Morgan fingerprint density at radius 2 is 1.83 bits per heavy atom. The van der Waals surface area contributed by atoms with Crippen LogP contribution in [0.2, 0.25) is 0 Å². The summed E-state index contributed by atoms with van der Waals surface area (Å²) in [4.78, 5) is 25.0. The number of fused-ring (bicyclic) bond motifs is 2. The molecule has 4 rings (SSSR count). The lowest BCUT2D eigenvalue weighted by molar-refractivity contribution is -0.128. The molecule has 2 N–H and O–H groups in total. The van der Waals surface area contributed by atoms with Gasteiger partial charge in [-0.3, -0.25) is 9.69 Å². The van der Waals surface area contributed by atoms with Crippen LogP contribution in [0.3, 0.4) is 0 Å². The van der Waals surface area contributed by atoms with Gasteiger partial charge >= 0.3 is 0 Å². The Morgan fingerprint density at radius 3 is 2.37 bits per heavy atom. The minimum Gasteiger partial charge on any atom is -0.379 e. The summed E-state index contributed by atoms with van der Waals surface area (Å²) in [6.45, 7) is 5.75. The van der Waals surface area contributed by atoms with Gasteiger partial charge in [0.05, 0.1) is 24.5 Å². The second kappa shape index (κ2) is 8.75. The van der Waals surface area contributed by atoms with Gasteiger partial charge in [-0.1, -0.05) is 13.8 Å². The van der Waals surface area contributed by atoms with Crippen molar-refractivity contribution in [3.8, 4) is 0 Å². The molecule has 0 aliphatic carbocycles. The second-order valence-electron chi connectivity index (χ2n) is 9.53. The van der Waals surface area contributed by atoms with Crippen LogP contribution in [0.1, 0.15) is 46.0 Å². The van der Waals surface area contributed by atoms with E-state index in [0.29, 0.717) is 29.9 Å². The number of aromatic nitrogens is 2. The van der Waals surface area contributed by atoms with Gasteiger partial charge in [-0.2, -0.15) is 0 Å². The van der Waals surface area contributed by atoms with Crippen LogP contribution in [0.15, 0.2) is 12.4 Å². The van der Waals surface area contributed by atoms with Crippen LogP contribution in [0, 0.1) is 23.6 Å². The maximum absolute atomic E-state index is 13.2. The van der Waals surface area contributed by atoms with E-state index in [1.165, 1.54) is 12.4 Å². The van der Waals surface area contributed by atoms with Crippen molar-refractivity contribution in [1.29, 1.82) is 0 Å². The Labute approximate surface area is 178 Å². The third-order valence-corrected chi connectivity index (χ3v) is 7.48. The molecular formula is C22H34FN5O2. The summed E-state index contributed by atoms with van der Waals surface area (Å²) in [5, 5.41) is 0. The highest BCUT2D eigenvalue weighted by Crippen LogP contribution is 2.46. The second-order valence-corrected chi connectivity index (χ2v) is 9.53. The minimum atomic E-state index is -0.421. The van der Waals surface area contributed by atoms with Gasteiger partial charge in [0.1, 0.15) is 0 Å². The van der Waals surface area contributed by atoms with E-state index in [1.807, 2.05) is 0 Å². The molecule has 2 bridgehead atoms. The first kappa shape index (κ1) is 21.4. The number of halogens is 1. The predicted molar refractivity (Wildman–Crippen MR) is 112 cm³/mol. The molecule has 0 saturated carbocycles. The van der Waals surface area contributed by atoms with Crippen LogP contribution in [-0.4, -0.2) is 65.2 Å². The van der Waals surface area contributed by atoms with Crippen LogP contribution in [0.4, 0.5) is 10.3 Å². The van der Waals surface area contributed by atoms with Crippen LogP contribution in [-0.2, 0) is 9.53 Å². The molecule has 30 heavy (non-hydrogen) atoms. The number of piperidine rings is 2. The molecule has 1 aromatic heterocycles.